The number of fused-ring (bicyclic) bond motifs is 1. The van der Waals surface area contributed by atoms with Gasteiger partial charge < -0.3 is 9.84 Å². The van der Waals surface area contributed by atoms with Crippen LogP contribution >= 0.6 is 0 Å². The van der Waals surface area contributed by atoms with Gasteiger partial charge in [0.1, 0.15) is 11.5 Å². The zero-order valence-corrected chi connectivity index (χ0v) is 12.3. The van der Waals surface area contributed by atoms with E-state index in [1.807, 2.05) is 36.4 Å². The predicted molar refractivity (Wildman–Crippen MR) is 85.6 cm³/mol. The van der Waals surface area contributed by atoms with Crippen molar-refractivity contribution in [2.24, 2.45) is 5.92 Å². The van der Waals surface area contributed by atoms with Crippen molar-refractivity contribution in [1.29, 1.82) is 0 Å². The van der Waals surface area contributed by atoms with Crippen LogP contribution in [0.15, 0.2) is 71.7 Å². The van der Waals surface area contributed by atoms with Gasteiger partial charge in [0.15, 0.2) is 0 Å². The molecule has 2 heteroatoms. The first-order chi connectivity index (χ1) is 10.3. The Labute approximate surface area is 125 Å². The highest BCUT2D eigenvalue weighted by Gasteiger charge is 2.20. The van der Waals surface area contributed by atoms with Gasteiger partial charge in [-0.3, -0.25) is 0 Å². The van der Waals surface area contributed by atoms with Gasteiger partial charge in [0.2, 0.25) is 0 Å². The number of hydrogen-bond acceptors (Lipinski definition) is 2. The minimum Gasteiger partial charge on any atom is -0.508 e. The molecule has 0 aromatic heterocycles. The number of rotatable bonds is 2. The van der Waals surface area contributed by atoms with Crippen LogP contribution in [0, 0.1) is 5.92 Å². The van der Waals surface area contributed by atoms with E-state index in [1.54, 1.807) is 7.11 Å². The van der Waals surface area contributed by atoms with Gasteiger partial charge in [0, 0.05) is 11.5 Å². The summed E-state index contributed by atoms with van der Waals surface area (Å²) in [6.07, 6.45) is 11.0. The fraction of sp³-hybridized carbons (Fsp3) is 0.263. The quantitative estimate of drug-likeness (QED) is 0.844. The molecule has 1 N–H and O–H groups in total. The van der Waals surface area contributed by atoms with E-state index >= 15 is 0 Å². The van der Waals surface area contributed by atoms with Gasteiger partial charge in [-0.2, -0.15) is 0 Å². The Kier molecular flexibility index (Phi) is 3.96. The lowest BCUT2D eigenvalue weighted by Crippen LogP contribution is -2.09. The van der Waals surface area contributed by atoms with Crippen LogP contribution in [-0.2, 0) is 4.74 Å². The summed E-state index contributed by atoms with van der Waals surface area (Å²) < 4.78 is 5.29. The van der Waals surface area contributed by atoms with Crippen LogP contribution < -0.4 is 0 Å². The molecule has 2 aliphatic carbocycles. The van der Waals surface area contributed by atoms with Crippen LogP contribution in [0.25, 0.3) is 5.57 Å². The van der Waals surface area contributed by atoms with Crippen LogP contribution in [0.2, 0.25) is 0 Å². The van der Waals surface area contributed by atoms with Crippen molar-refractivity contribution in [3.05, 3.63) is 77.3 Å². The maximum atomic E-state index is 10.5. The number of methoxy groups -OCH3 is 1. The van der Waals surface area contributed by atoms with Crippen molar-refractivity contribution in [1.82, 2.24) is 0 Å². The molecule has 108 valence electrons. The van der Waals surface area contributed by atoms with Gasteiger partial charge in [-0.1, -0.05) is 36.4 Å². The molecule has 0 saturated heterocycles. The lowest BCUT2D eigenvalue weighted by Gasteiger charge is -2.23. The molecule has 0 amide bonds. The van der Waals surface area contributed by atoms with Crippen LogP contribution in [0.1, 0.15) is 24.8 Å². The van der Waals surface area contributed by atoms with Gasteiger partial charge in [0.25, 0.3) is 0 Å². The van der Waals surface area contributed by atoms with E-state index in [-0.39, 0.29) is 5.92 Å². The Balaban J connectivity index is 1.98. The largest absolute Gasteiger partial charge is 0.508 e. The van der Waals surface area contributed by atoms with E-state index in [4.69, 9.17) is 4.74 Å². The van der Waals surface area contributed by atoms with Crippen molar-refractivity contribution in [2.75, 3.05) is 7.11 Å². The van der Waals surface area contributed by atoms with E-state index in [9.17, 15) is 5.11 Å². The summed E-state index contributed by atoms with van der Waals surface area (Å²) in [5.74, 6) is 1.50. The smallest absolute Gasteiger partial charge is 0.119 e. The van der Waals surface area contributed by atoms with Gasteiger partial charge in [-0.25, -0.2) is 0 Å². The summed E-state index contributed by atoms with van der Waals surface area (Å²) in [6.45, 7) is 0. The lowest BCUT2D eigenvalue weighted by molar-refractivity contribution is 0.300. The number of benzene rings is 1. The summed E-state index contributed by atoms with van der Waals surface area (Å²) in [5, 5.41) is 10.5. The van der Waals surface area contributed by atoms with Crippen LogP contribution in [0.5, 0.6) is 0 Å². The maximum Gasteiger partial charge on any atom is 0.119 e. The molecule has 0 bridgehead atoms. The van der Waals surface area contributed by atoms with Gasteiger partial charge >= 0.3 is 0 Å². The van der Waals surface area contributed by atoms with Crippen LogP contribution in [0.4, 0.5) is 0 Å². The Morgan fingerprint density at radius 1 is 1.14 bits per heavy atom. The molecular weight excluding hydrogens is 260 g/mol. The number of aliphatic hydroxyl groups excluding tert-OH is 1. The first-order valence-corrected chi connectivity index (χ1v) is 7.41. The molecular formula is C19H20O2. The van der Waals surface area contributed by atoms with E-state index in [2.05, 4.69) is 18.2 Å². The van der Waals surface area contributed by atoms with Crippen LogP contribution in [0.3, 0.4) is 0 Å². The van der Waals surface area contributed by atoms with Gasteiger partial charge in [0.05, 0.1) is 7.11 Å². The second kappa shape index (κ2) is 6.04. The summed E-state index contributed by atoms with van der Waals surface area (Å²) in [7, 11) is 1.68. The molecule has 1 aromatic rings. The van der Waals surface area contributed by atoms with Gasteiger partial charge in [-0.05, 0) is 48.6 Å². The standard InChI is InChI=1S/C19H20O2/c1-21-17-10-11-18-16(12-17)9-5-8-15(13-19(18)20)14-6-3-2-4-7-14/h2-4,6-7,10-13,16,20H,5,8-9H2,1H3/b15-13+,19-18+. The van der Waals surface area contributed by atoms with E-state index in [0.29, 0.717) is 5.76 Å². The molecule has 0 fully saturated rings. The van der Waals surface area contributed by atoms with Crippen molar-refractivity contribution in [3.8, 4) is 0 Å². The molecule has 0 aliphatic heterocycles. The number of ether oxygens (including phenoxy) is 1. The first kappa shape index (κ1) is 13.7. The highest BCUT2D eigenvalue weighted by Crippen LogP contribution is 2.34. The minimum atomic E-state index is 0.249. The third-order valence-corrected chi connectivity index (χ3v) is 4.14. The third kappa shape index (κ3) is 2.94. The zero-order chi connectivity index (χ0) is 14.7. The van der Waals surface area contributed by atoms with Crippen molar-refractivity contribution < 1.29 is 9.84 Å². The highest BCUT2D eigenvalue weighted by molar-refractivity contribution is 5.68. The minimum absolute atomic E-state index is 0.249. The molecule has 0 saturated carbocycles. The monoisotopic (exact) mass is 280 g/mol. The average molecular weight is 280 g/mol. The molecule has 1 atom stereocenters. The predicted octanol–water partition coefficient (Wildman–Crippen LogP) is 4.78. The fourth-order valence-electron chi connectivity index (χ4n) is 3.00. The molecule has 2 aliphatic rings. The average Bonchev–Trinajstić information content (AvgIpc) is 2.52. The lowest BCUT2D eigenvalue weighted by atomic mass is 9.84. The molecule has 2 nitrogen and oxygen atoms in total. The summed E-state index contributed by atoms with van der Waals surface area (Å²) in [5.41, 5.74) is 3.38. The Hall–Kier alpha value is -2.22. The van der Waals surface area contributed by atoms with E-state index in [0.717, 1.165) is 30.6 Å². The molecule has 1 unspecified atom stereocenters. The zero-order valence-electron chi connectivity index (χ0n) is 12.3. The number of hydrogen-bond donors (Lipinski definition) is 1. The second-order valence-electron chi connectivity index (χ2n) is 5.48. The normalized spacial score (nSPS) is 27.8. The molecule has 21 heavy (non-hydrogen) atoms. The molecule has 0 radical (unpaired) electrons. The van der Waals surface area contributed by atoms with Crippen molar-refractivity contribution in [2.45, 2.75) is 19.3 Å². The van der Waals surface area contributed by atoms with Crippen molar-refractivity contribution >= 4 is 5.57 Å². The molecule has 0 heterocycles. The summed E-state index contributed by atoms with van der Waals surface area (Å²) in [4.78, 5) is 0. The van der Waals surface area contributed by atoms with Crippen molar-refractivity contribution in [3.63, 3.8) is 0 Å². The Bertz CT molecular complexity index is 633. The topological polar surface area (TPSA) is 29.5 Å². The second-order valence-corrected chi connectivity index (χ2v) is 5.48. The Morgan fingerprint density at radius 3 is 2.71 bits per heavy atom. The molecule has 1 aromatic carbocycles. The molecule has 3 rings (SSSR count). The van der Waals surface area contributed by atoms with Gasteiger partial charge in [-0.15, -0.1) is 0 Å². The number of allylic oxidation sites excluding steroid dienone is 6. The third-order valence-electron chi connectivity index (χ3n) is 4.14. The Morgan fingerprint density at radius 2 is 1.95 bits per heavy atom. The van der Waals surface area contributed by atoms with E-state index in [1.165, 1.54) is 11.1 Å². The van der Waals surface area contributed by atoms with Crippen LogP contribution in [-0.4, -0.2) is 12.2 Å². The highest BCUT2D eigenvalue weighted by atomic mass is 16.5. The summed E-state index contributed by atoms with van der Waals surface area (Å²) in [6, 6.07) is 10.3. The fourth-order valence-corrected chi connectivity index (χ4v) is 3.00. The van der Waals surface area contributed by atoms with E-state index < -0.39 is 0 Å². The maximum absolute atomic E-state index is 10.5. The SMILES string of the molecule is COC1=CC2CCC/C(c3ccccc3)=C\C(O)=C/2C=C1. The number of aliphatic hydroxyl groups is 1. The first-order valence-electron chi connectivity index (χ1n) is 7.41. The molecule has 0 spiro atoms. The summed E-state index contributed by atoms with van der Waals surface area (Å²) >= 11 is 0.